The number of carboxylic acid groups (broad SMARTS) is 1. The molecule has 1 aliphatic heterocycles. The van der Waals surface area contributed by atoms with Crippen LogP contribution in [0.3, 0.4) is 0 Å². The molecule has 0 aliphatic carbocycles. The Labute approximate surface area is 87.3 Å². The Morgan fingerprint density at radius 3 is 2.53 bits per heavy atom. The Hall–Kier alpha value is -1.72. The van der Waals surface area contributed by atoms with Crippen molar-refractivity contribution in [3.63, 3.8) is 0 Å². The lowest BCUT2D eigenvalue weighted by molar-refractivity contribution is 0.0803. The molecule has 0 spiro atoms. The van der Waals surface area contributed by atoms with E-state index in [1.54, 1.807) is 0 Å². The highest BCUT2D eigenvalue weighted by atomic mass is 16.4. The third-order valence-electron chi connectivity index (χ3n) is 2.86. The number of hydrogen-bond donors (Lipinski definition) is 2. The van der Waals surface area contributed by atoms with Gasteiger partial charge in [-0.15, -0.1) is 0 Å². The van der Waals surface area contributed by atoms with Crippen molar-refractivity contribution >= 4 is 11.8 Å². The lowest BCUT2D eigenvalue weighted by Gasteiger charge is -2.37. The van der Waals surface area contributed by atoms with E-state index in [0.29, 0.717) is 18.8 Å². The van der Waals surface area contributed by atoms with Crippen LogP contribution in [0.25, 0.3) is 0 Å². The normalized spacial score (nSPS) is 16.5. The summed E-state index contributed by atoms with van der Waals surface area (Å²) in [4.78, 5) is 11.9. The molecular formula is C9H14N4O2. The van der Waals surface area contributed by atoms with Gasteiger partial charge in [-0.3, -0.25) is 4.68 Å². The Bertz CT molecular complexity index is 406. The van der Waals surface area contributed by atoms with Gasteiger partial charge in [0.15, 0.2) is 0 Å². The molecule has 0 aromatic carbocycles. The van der Waals surface area contributed by atoms with Crippen LogP contribution in [0.15, 0.2) is 0 Å². The summed E-state index contributed by atoms with van der Waals surface area (Å²) in [6.45, 7) is 4.75. The summed E-state index contributed by atoms with van der Waals surface area (Å²) in [5, 5.41) is 13.0. The number of carbonyl (C=O) groups is 1. The molecule has 82 valence electrons. The fraction of sp³-hybridized carbons (Fsp3) is 0.556. The number of aryl methyl sites for hydroxylation is 1. The minimum atomic E-state index is -0.874. The molecule has 2 rings (SSSR count). The fourth-order valence-electron chi connectivity index (χ4n) is 1.80. The van der Waals surface area contributed by atoms with Crippen molar-refractivity contribution in [2.24, 2.45) is 0 Å². The van der Waals surface area contributed by atoms with E-state index in [-0.39, 0.29) is 6.04 Å². The van der Waals surface area contributed by atoms with E-state index >= 15 is 0 Å². The number of likely N-dealkylation sites (tertiary alicyclic amines) is 1. The first kappa shape index (κ1) is 9.82. The first-order valence-electron chi connectivity index (χ1n) is 4.79. The number of aromatic nitrogens is 2. The van der Waals surface area contributed by atoms with Crippen LogP contribution in [0.2, 0.25) is 0 Å². The zero-order valence-corrected chi connectivity index (χ0v) is 8.77. The van der Waals surface area contributed by atoms with Crippen molar-refractivity contribution in [1.82, 2.24) is 14.7 Å². The average molecular weight is 210 g/mol. The minimum absolute atomic E-state index is 0.136. The van der Waals surface area contributed by atoms with Gasteiger partial charge in [0.2, 0.25) is 0 Å². The number of rotatable bonds is 1. The largest absolute Gasteiger partial charge is 0.465 e. The topological polar surface area (TPSA) is 84.4 Å². The van der Waals surface area contributed by atoms with E-state index in [2.05, 4.69) is 5.10 Å². The molecule has 1 aromatic rings. The van der Waals surface area contributed by atoms with E-state index in [0.717, 1.165) is 11.4 Å². The van der Waals surface area contributed by atoms with Crippen LogP contribution in [0, 0.1) is 13.8 Å². The van der Waals surface area contributed by atoms with Crippen LogP contribution in [-0.2, 0) is 0 Å². The number of amides is 1. The van der Waals surface area contributed by atoms with Crippen molar-refractivity contribution in [1.29, 1.82) is 0 Å². The molecule has 2 heterocycles. The first-order valence-corrected chi connectivity index (χ1v) is 4.79. The Morgan fingerprint density at radius 1 is 1.53 bits per heavy atom. The fourth-order valence-corrected chi connectivity index (χ4v) is 1.80. The standard InChI is InChI=1S/C9H14N4O2/c1-5-8(10)6(2)13(11-5)7-3-12(4-7)9(14)15/h7H,3-4,10H2,1-2H3,(H,14,15). The first-order chi connectivity index (χ1) is 7.00. The predicted molar refractivity (Wildman–Crippen MR) is 54.7 cm³/mol. The third kappa shape index (κ3) is 1.42. The van der Waals surface area contributed by atoms with Crippen molar-refractivity contribution in [3.8, 4) is 0 Å². The quantitative estimate of drug-likeness (QED) is 0.711. The van der Waals surface area contributed by atoms with Gasteiger partial charge in [-0.2, -0.15) is 5.10 Å². The van der Waals surface area contributed by atoms with E-state index in [1.165, 1.54) is 4.90 Å². The third-order valence-corrected chi connectivity index (χ3v) is 2.86. The lowest BCUT2D eigenvalue weighted by Crippen LogP contribution is -2.50. The molecule has 0 saturated carbocycles. The van der Waals surface area contributed by atoms with Crippen molar-refractivity contribution in [2.75, 3.05) is 18.8 Å². The number of hydrogen-bond acceptors (Lipinski definition) is 3. The molecule has 1 amide bonds. The van der Waals surface area contributed by atoms with Gasteiger partial charge in [-0.1, -0.05) is 0 Å². The Balaban J connectivity index is 2.13. The molecule has 0 unspecified atom stereocenters. The maximum atomic E-state index is 10.6. The van der Waals surface area contributed by atoms with Gasteiger partial charge in [0.1, 0.15) is 0 Å². The van der Waals surface area contributed by atoms with Crippen molar-refractivity contribution < 1.29 is 9.90 Å². The minimum Gasteiger partial charge on any atom is -0.465 e. The van der Waals surface area contributed by atoms with Crippen LogP contribution in [-0.4, -0.2) is 39.0 Å². The second-order valence-corrected chi connectivity index (χ2v) is 3.87. The van der Waals surface area contributed by atoms with Crippen molar-refractivity contribution in [3.05, 3.63) is 11.4 Å². The second kappa shape index (κ2) is 3.15. The maximum Gasteiger partial charge on any atom is 0.407 e. The summed E-state index contributed by atoms with van der Waals surface area (Å²) >= 11 is 0. The van der Waals surface area contributed by atoms with E-state index in [4.69, 9.17) is 10.8 Å². The van der Waals surface area contributed by atoms with Gasteiger partial charge < -0.3 is 15.7 Å². The molecule has 1 fully saturated rings. The van der Waals surface area contributed by atoms with Gasteiger partial charge >= 0.3 is 6.09 Å². The average Bonchev–Trinajstić information content (AvgIpc) is 2.31. The number of nitrogens with two attached hydrogens (primary N) is 1. The highest BCUT2D eigenvalue weighted by molar-refractivity contribution is 5.66. The number of nitrogen functional groups attached to an aromatic ring is 1. The summed E-state index contributed by atoms with van der Waals surface area (Å²) in [5.74, 6) is 0. The van der Waals surface area contributed by atoms with Crippen molar-refractivity contribution in [2.45, 2.75) is 19.9 Å². The smallest absolute Gasteiger partial charge is 0.407 e. The van der Waals surface area contributed by atoms with Crippen LogP contribution in [0.1, 0.15) is 17.4 Å². The zero-order chi connectivity index (χ0) is 11.2. The second-order valence-electron chi connectivity index (χ2n) is 3.87. The predicted octanol–water partition coefficient (Wildman–Crippen LogP) is 0.617. The summed E-state index contributed by atoms with van der Waals surface area (Å²) in [6.07, 6.45) is -0.874. The molecule has 1 aromatic heterocycles. The van der Waals surface area contributed by atoms with Gasteiger partial charge in [-0.25, -0.2) is 4.79 Å². The van der Waals surface area contributed by atoms with E-state index < -0.39 is 6.09 Å². The Morgan fingerprint density at radius 2 is 2.13 bits per heavy atom. The van der Waals surface area contributed by atoms with Gasteiger partial charge in [0.05, 0.1) is 23.1 Å². The molecule has 6 nitrogen and oxygen atoms in total. The zero-order valence-electron chi connectivity index (χ0n) is 8.77. The van der Waals surface area contributed by atoms with E-state index in [9.17, 15) is 4.79 Å². The Kier molecular flexibility index (Phi) is 2.06. The molecular weight excluding hydrogens is 196 g/mol. The molecule has 6 heteroatoms. The lowest BCUT2D eigenvalue weighted by atomic mass is 10.1. The number of nitrogens with zero attached hydrogens (tertiary/aromatic N) is 3. The highest BCUT2D eigenvalue weighted by Gasteiger charge is 2.33. The molecule has 15 heavy (non-hydrogen) atoms. The van der Waals surface area contributed by atoms with Crippen LogP contribution >= 0.6 is 0 Å². The molecule has 0 atom stereocenters. The molecule has 1 aliphatic rings. The number of anilines is 1. The summed E-state index contributed by atoms with van der Waals surface area (Å²) < 4.78 is 1.82. The molecule has 1 saturated heterocycles. The molecule has 0 bridgehead atoms. The highest BCUT2D eigenvalue weighted by Crippen LogP contribution is 2.25. The van der Waals surface area contributed by atoms with Crippen LogP contribution in [0.5, 0.6) is 0 Å². The molecule has 3 N–H and O–H groups in total. The molecule has 0 radical (unpaired) electrons. The SMILES string of the molecule is Cc1nn(C2CN(C(=O)O)C2)c(C)c1N. The summed E-state index contributed by atoms with van der Waals surface area (Å²) in [6, 6.07) is 0.136. The summed E-state index contributed by atoms with van der Waals surface area (Å²) in [5.41, 5.74) is 8.22. The summed E-state index contributed by atoms with van der Waals surface area (Å²) in [7, 11) is 0. The van der Waals surface area contributed by atoms with Gasteiger partial charge in [-0.05, 0) is 13.8 Å². The van der Waals surface area contributed by atoms with Crippen LogP contribution < -0.4 is 5.73 Å². The monoisotopic (exact) mass is 210 g/mol. The van der Waals surface area contributed by atoms with Gasteiger partial charge in [0.25, 0.3) is 0 Å². The van der Waals surface area contributed by atoms with E-state index in [1.807, 2.05) is 18.5 Å². The van der Waals surface area contributed by atoms with Crippen LogP contribution in [0.4, 0.5) is 10.5 Å². The van der Waals surface area contributed by atoms with Gasteiger partial charge in [0, 0.05) is 13.1 Å². The maximum absolute atomic E-state index is 10.6.